The standard InChI is InChI=1S/C13H20N2O2/c1-10(15-6-5-14)11-3-4-12-13(9-11)17-8-2-7-16-12/h3-4,9-10,15H,2,5-8,14H2,1H3. The van der Waals surface area contributed by atoms with Gasteiger partial charge in [-0.05, 0) is 24.6 Å². The van der Waals surface area contributed by atoms with Gasteiger partial charge in [0.2, 0.25) is 0 Å². The van der Waals surface area contributed by atoms with Crippen molar-refractivity contribution in [1.82, 2.24) is 5.32 Å². The minimum absolute atomic E-state index is 0.274. The van der Waals surface area contributed by atoms with Crippen molar-refractivity contribution in [2.75, 3.05) is 26.3 Å². The van der Waals surface area contributed by atoms with Crippen LogP contribution in [-0.4, -0.2) is 26.3 Å². The molecule has 0 aromatic heterocycles. The first-order chi connectivity index (χ1) is 8.31. The molecular formula is C13H20N2O2. The highest BCUT2D eigenvalue weighted by Gasteiger charge is 2.12. The minimum atomic E-state index is 0.274. The van der Waals surface area contributed by atoms with Crippen LogP contribution in [0.2, 0.25) is 0 Å². The van der Waals surface area contributed by atoms with E-state index in [0.717, 1.165) is 37.7 Å². The summed E-state index contributed by atoms with van der Waals surface area (Å²) < 4.78 is 11.3. The Morgan fingerprint density at radius 3 is 2.82 bits per heavy atom. The summed E-state index contributed by atoms with van der Waals surface area (Å²) in [6.45, 7) is 5.04. The molecule has 0 saturated heterocycles. The summed E-state index contributed by atoms with van der Waals surface area (Å²) >= 11 is 0. The summed E-state index contributed by atoms with van der Waals surface area (Å²) in [4.78, 5) is 0. The molecule has 17 heavy (non-hydrogen) atoms. The third-order valence-electron chi connectivity index (χ3n) is 2.87. The summed E-state index contributed by atoms with van der Waals surface area (Å²) in [6, 6.07) is 6.38. The van der Waals surface area contributed by atoms with Gasteiger partial charge in [0.1, 0.15) is 0 Å². The minimum Gasteiger partial charge on any atom is -0.490 e. The zero-order valence-electron chi connectivity index (χ0n) is 10.2. The molecule has 4 heteroatoms. The van der Waals surface area contributed by atoms with Crippen molar-refractivity contribution in [3.63, 3.8) is 0 Å². The van der Waals surface area contributed by atoms with Crippen LogP contribution in [0.5, 0.6) is 11.5 Å². The van der Waals surface area contributed by atoms with Crippen molar-refractivity contribution in [2.24, 2.45) is 5.73 Å². The number of hydrogen-bond donors (Lipinski definition) is 2. The summed E-state index contributed by atoms with van der Waals surface area (Å²) in [5, 5.41) is 3.35. The number of rotatable bonds is 4. The second-order valence-electron chi connectivity index (χ2n) is 4.22. The first kappa shape index (κ1) is 12.2. The highest BCUT2D eigenvalue weighted by Crippen LogP contribution is 2.32. The zero-order chi connectivity index (χ0) is 12.1. The maximum absolute atomic E-state index is 5.67. The molecule has 0 spiro atoms. The molecule has 94 valence electrons. The Morgan fingerprint density at radius 2 is 2.06 bits per heavy atom. The van der Waals surface area contributed by atoms with Gasteiger partial charge in [0, 0.05) is 25.6 Å². The van der Waals surface area contributed by atoms with Crippen molar-refractivity contribution in [3.05, 3.63) is 23.8 Å². The van der Waals surface area contributed by atoms with Crippen LogP contribution in [0, 0.1) is 0 Å². The maximum atomic E-state index is 5.67. The molecule has 1 atom stereocenters. The Labute approximate surface area is 102 Å². The first-order valence-corrected chi connectivity index (χ1v) is 6.14. The number of hydrogen-bond acceptors (Lipinski definition) is 4. The van der Waals surface area contributed by atoms with Gasteiger partial charge in [-0.1, -0.05) is 6.07 Å². The van der Waals surface area contributed by atoms with Gasteiger partial charge in [-0.2, -0.15) is 0 Å². The van der Waals surface area contributed by atoms with Gasteiger partial charge in [0.05, 0.1) is 13.2 Å². The van der Waals surface area contributed by atoms with E-state index in [1.165, 1.54) is 5.56 Å². The molecular weight excluding hydrogens is 216 g/mol. The molecule has 0 amide bonds. The van der Waals surface area contributed by atoms with E-state index in [4.69, 9.17) is 15.2 Å². The fourth-order valence-corrected chi connectivity index (χ4v) is 1.87. The molecule has 1 aromatic carbocycles. The number of benzene rings is 1. The molecule has 1 aliphatic heterocycles. The SMILES string of the molecule is CC(NCCN)c1ccc2c(c1)OCCCO2. The van der Waals surface area contributed by atoms with E-state index in [1.807, 2.05) is 6.07 Å². The van der Waals surface area contributed by atoms with Crippen molar-refractivity contribution in [2.45, 2.75) is 19.4 Å². The van der Waals surface area contributed by atoms with Gasteiger partial charge in [0.15, 0.2) is 11.5 Å². The fraction of sp³-hybridized carbons (Fsp3) is 0.538. The normalized spacial score (nSPS) is 16.4. The predicted molar refractivity (Wildman–Crippen MR) is 67.5 cm³/mol. The van der Waals surface area contributed by atoms with Gasteiger partial charge in [0.25, 0.3) is 0 Å². The predicted octanol–water partition coefficient (Wildman–Crippen LogP) is 1.46. The molecule has 1 aliphatic rings. The molecule has 3 N–H and O–H groups in total. The van der Waals surface area contributed by atoms with Crippen molar-refractivity contribution < 1.29 is 9.47 Å². The highest BCUT2D eigenvalue weighted by atomic mass is 16.5. The van der Waals surface area contributed by atoms with Gasteiger partial charge >= 0.3 is 0 Å². The third kappa shape index (κ3) is 3.11. The lowest BCUT2D eigenvalue weighted by molar-refractivity contribution is 0.297. The van der Waals surface area contributed by atoms with Gasteiger partial charge in [-0.25, -0.2) is 0 Å². The molecule has 1 heterocycles. The lowest BCUT2D eigenvalue weighted by atomic mass is 10.1. The Morgan fingerprint density at radius 1 is 1.29 bits per heavy atom. The average Bonchev–Trinajstić information content (AvgIpc) is 2.60. The molecule has 4 nitrogen and oxygen atoms in total. The van der Waals surface area contributed by atoms with Crippen LogP contribution in [-0.2, 0) is 0 Å². The first-order valence-electron chi connectivity index (χ1n) is 6.14. The molecule has 0 bridgehead atoms. The van der Waals surface area contributed by atoms with E-state index in [9.17, 15) is 0 Å². The maximum Gasteiger partial charge on any atom is 0.161 e. The van der Waals surface area contributed by atoms with Gasteiger partial charge < -0.3 is 20.5 Å². The second-order valence-corrected chi connectivity index (χ2v) is 4.22. The third-order valence-corrected chi connectivity index (χ3v) is 2.87. The second kappa shape index (κ2) is 5.89. The fourth-order valence-electron chi connectivity index (χ4n) is 1.87. The van der Waals surface area contributed by atoms with Crippen LogP contribution in [0.3, 0.4) is 0 Å². The molecule has 0 aliphatic carbocycles. The van der Waals surface area contributed by atoms with Gasteiger partial charge in [-0.3, -0.25) is 0 Å². The van der Waals surface area contributed by atoms with Crippen LogP contribution >= 0.6 is 0 Å². The Kier molecular flexibility index (Phi) is 4.23. The van der Waals surface area contributed by atoms with Gasteiger partial charge in [-0.15, -0.1) is 0 Å². The molecule has 0 saturated carbocycles. The zero-order valence-corrected chi connectivity index (χ0v) is 10.2. The lowest BCUT2D eigenvalue weighted by Crippen LogP contribution is -2.25. The lowest BCUT2D eigenvalue weighted by Gasteiger charge is -2.15. The molecule has 1 unspecified atom stereocenters. The van der Waals surface area contributed by atoms with Crippen molar-refractivity contribution >= 4 is 0 Å². The van der Waals surface area contributed by atoms with Crippen LogP contribution in [0.25, 0.3) is 0 Å². The quantitative estimate of drug-likeness (QED) is 0.831. The Bertz CT molecular complexity index is 368. The van der Waals surface area contributed by atoms with Crippen LogP contribution in [0.1, 0.15) is 24.9 Å². The average molecular weight is 236 g/mol. The summed E-state index contributed by atoms with van der Waals surface area (Å²) in [6.07, 6.45) is 0.936. The molecule has 0 fully saturated rings. The van der Waals surface area contributed by atoms with Crippen LogP contribution in [0.4, 0.5) is 0 Å². The summed E-state index contributed by atoms with van der Waals surface area (Å²) in [5.41, 5.74) is 6.68. The monoisotopic (exact) mass is 236 g/mol. The summed E-state index contributed by atoms with van der Waals surface area (Å²) in [7, 11) is 0. The van der Waals surface area contributed by atoms with Crippen LogP contribution in [0.15, 0.2) is 18.2 Å². The van der Waals surface area contributed by atoms with Crippen LogP contribution < -0.4 is 20.5 Å². The number of nitrogens with two attached hydrogens (primary N) is 1. The highest BCUT2D eigenvalue weighted by molar-refractivity contribution is 5.44. The molecule has 0 radical (unpaired) electrons. The smallest absolute Gasteiger partial charge is 0.161 e. The van der Waals surface area contributed by atoms with E-state index < -0.39 is 0 Å². The van der Waals surface area contributed by atoms with E-state index in [0.29, 0.717) is 6.54 Å². The van der Waals surface area contributed by atoms with E-state index >= 15 is 0 Å². The van der Waals surface area contributed by atoms with E-state index in [2.05, 4.69) is 24.4 Å². The number of ether oxygens (including phenoxy) is 2. The van der Waals surface area contributed by atoms with E-state index in [-0.39, 0.29) is 6.04 Å². The summed E-state index contributed by atoms with van der Waals surface area (Å²) in [5.74, 6) is 1.69. The van der Waals surface area contributed by atoms with E-state index in [1.54, 1.807) is 0 Å². The molecule has 2 rings (SSSR count). The number of nitrogens with one attached hydrogen (secondary N) is 1. The largest absolute Gasteiger partial charge is 0.490 e. The molecule has 1 aromatic rings. The Balaban J connectivity index is 2.11. The van der Waals surface area contributed by atoms with Crippen molar-refractivity contribution in [3.8, 4) is 11.5 Å². The Hall–Kier alpha value is -1.26. The topological polar surface area (TPSA) is 56.5 Å². The van der Waals surface area contributed by atoms with Crippen molar-refractivity contribution in [1.29, 1.82) is 0 Å². The number of fused-ring (bicyclic) bond motifs is 1.